The normalized spacial score (nSPS) is 14.8. The van der Waals surface area contributed by atoms with E-state index in [1.54, 1.807) is 36.7 Å². The van der Waals surface area contributed by atoms with E-state index in [1.165, 1.54) is 35.3 Å². The SMILES string of the molecule is CS(=O)(=O)CCNCc1ccc(-c2ccc3ncnc(Nc4ccc(OCc5cccc(F)c5)c(Cl)c4)c3c2)o1.CS(=O)(=O)N1CCN(Cc2cn3cc(-c4cnc(N)nc4)nc(N4CCOCC4)c3n2)CC1. The Labute approximate surface area is 426 Å². The van der Waals surface area contributed by atoms with Crippen LogP contribution in [0.5, 0.6) is 5.75 Å². The summed E-state index contributed by atoms with van der Waals surface area (Å²) in [4.78, 5) is 31.2. The number of aromatic nitrogens is 7. The third kappa shape index (κ3) is 13.4. The highest BCUT2D eigenvalue weighted by molar-refractivity contribution is 7.90. The van der Waals surface area contributed by atoms with Crippen molar-refractivity contribution < 1.29 is 35.1 Å². The molecule has 0 saturated carbocycles. The second kappa shape index (κ2) is 22.5. The van der Waals surface area contributed by atoms with Crippen molar-refractivity contribution >= 4 is 71.3 Å². The Morgan fingerprint density at radius 2 is 1.64 bits per heavy atom. The molecular formula is C49H53ClFN13O7S2. The van der Waals surface area contributed by atoms with Gasteiger partial charge in [0.05, 0.1) is 53.7 Å². The van der Waals surface area contributed by atoms with Crippen molar-refractivity contribution in [1.82, 2.24) is 48.8 Å². The van der Waals surface area contributed by atoms with Crippen molar-refractivity contribution in [2.75, 3.05) is 93.2 Å². The Morgan fingerprint density at radius 3 is 2.38 bits per heavy atom. The highest BCUT2D eigenvalue weighted by Crippen LogP contribution is 2.33. The van der Waals surface area contributed by atoms with E-state index < -0.39 is 19.9 Å². The van der Waals surface area contributed by atoms with E-state index in [1.807, 2.05) is 53.2 Å². The molecule has 0 aliphatic carbocycles. The highest BCUT2D eigenvalue weighted by atomic mass is 35.5. The van der Waals surface area contributed by atoms with E-state index in [-0.39, 0.29) is 24.1 Å². The molecule has 0 bridgehead atoms. The van der Waals surface area contributed by atoms with Gasteiger partial charge in [-0.25, -0.2) is 51.1 Å². The first-order valence-electron chi connectivity index (χ1n) is 23.2. The summed E-state index contributed by atoms with van der Waals surface area (Å²) in [7, 11) is -6.17. The smallest absolute Gasteiger partial charge is 0.219 e. The molecule has 3 aromatic carbocycles. The maximum absolute atomic E-state index is 13.4. The molecule has 382 valence electrons. The summed E-state index contributed by atoms with van der Waals surface area (Å²) in [5.41, 5.74) is 11.8. The highest BCUT2D eigenvalue weighted by Gasteiger charge is 2.25. The van der Waals surface area contributed by atoms with Gasteiger partial charge in [0.15, 0.2) is 11.5 Å². The number of nitrogens with one attached hydrogen (secondary N) is 2. The lowest BCUT2D eigenvalue weighted by molar-refractivity contribution is 0.122. The standard InChI is InChI=1S/C29H26ClFN4O4S.C20H27N9O3S/c1-40(36,37)12-11-32-16-23-7-10-27(39-23)20-5-8-26-24(14-20)29(34-18-33-26)35-22-6-9-28(25(30)15-22)38-17-19-3-2-4-21(31)13-19;1-33(30,31)29-4-2-26(3-5-29)12-16-13-28-14-17(15-10-22-20(21)23-11-15)25-19(18(28)24-16)27-6-8-32-9-7-27/h2-10,13-15,18,32H,11-12,16-17H2,1H3,(H,33,34,35);10-11,13-14H,2-9,12H2,1H3,(H2,21,22,23). The van der Waals surface area contributed by atoms with Crippen molar-refractivity contribution in [3.05, 3.63) is 132 Å². The molecule has 24 heteroatoms. The van der Waals surface area contributed by atoms with Crippen LogP contribution < -0.4 is 26.0 Å². The first-order chi connectivity index (χ1) is 35.1. The van der Waals surface area contributed by atoms with E-state index in [4.69, 9.17) is 41.2 Å². The first-order valence-corrected chi connectivity index (χ1v) is 27.5. The number of nitrogens with two attached hydrogens (primary N) is 1. The molecule has 0 spiro atoms. The van der Waals surface area contributed by atoms with Gasteiger partial charge in [0.2, 0.25) is 16.0 Å². The van der Waals surface area contributed by atoms with Crippen LogP contribution in [-0.4, -0.2) is 138 Å². The van der Waals surface area contributed by atoms with Crippen LogP contribution in [0.25, 0.3) is 39.1 Å². The van der Waals surface area contributed by atoms with Crippen molar-refractivity contribution in [1.29, 1.82) is 0 Å². The summed E-state index contributed by atoms with van der Waals surface area (Å²) in [6.07, 6.45) is 11.2. The van der Waals surface area contributed by atoms with Gasteiger partial charge in [-0.1, -0.05) is 23.7 Å². The minimum Gasteiger partial charge on any atom is -0.487 e. The van der Waals surface area contributed by atoms with Gasteiger partial charge in [-0.05, 0) is 66.2 Å². The number of fused-ring (bicyclic) bond motifs is 2. The van der Waals surface area contributed by atoms with Crippen LogP contribution >= 0.6 is 11.6 Å². The van der Waals surface area contributed by atoms with Crippen LogP contribution in [0.1, 0.15) is 17.0 Å². The van der Waals surface area contributed by atoms with Crippen LogP contribution in [0.2, 0.25) is 5.02 Å². The van der Waals surface area contributed by atoms with Crippen LogP contribution in [0.4, 0.5) is 27.7 Å². The lowest BCUT2D eigenvalue weighted by Crippen LogP contribution is -2.47. The predicted molar refractivity (Wildman–Crippen MR) is 277 cm³/mol. The van der Waals surface area contributed by atoms with Gasteiger partial charge in [0, 0.05) is 106 Å². The van der Waals surface area contributed by atoms with Crippen molar-refractivity contribution in [3.8, 4) is 28.3 Å². The number of nitrogens with zero attached hydrogens (tertiary/aromatic N) is 10. The fourth-order valence-electron chi connectivity index (χ4n) is 8.18. The predicted octanol–water partition coefficient (Wildman–Crippen LogP) is 5.82. The van der Waals surface area contributed by atoms with Crippen LogP contribution in [0.3, 0.4) is 0 Å². The van der Waals surface area contributed by atoms with E-state index in [9.17, 15) is 21.2 Å². The fourth-order valence-corrected chi connectivity index (χ4v) is 9.76. The number of nitrogen functional groups attached to an aromatic ring is 1. The molecule has 0 unspecified atom stereocenters. The van der Waals surface area contributed by atoms with Gasteiger partial charge in [0.25, 0.3) is 0 Å². The summed E-state index contributed by atoms with van der Waals surface area (Å²) in [6.45, 7) is 6.68. The molecule has 20 nitrogen and oxygen atoms in total. The van der Waals surface area contributed by atoms with Crippen molar-refractivity contribution in [2.45, 2.75) is 19.7 Å². The number of benzene rings is 3. The number of sulfone groups is 1. The third-order valence-corrected chi connectivity index (χ3v) is 14.5. The topological polar surface area (TPSA) is 241 Å². The first kappa shape index (κ1) is 51.1. The number of imidazole rings is 1. The minimum atomic E-state index is -3.15. The maximum Gasteiger partial charge on any atom is 0.219 e. The Balaban J connectivity index is 0.000000183. The molecule has 7 heterocycles. The number of morpholine rings is 1. The van der Waals surface area contributed by atoms with Crippen LogP contribution in [0.15, 0.2) is 108 Å². The van der Waals surface area contributed by atoms with E-state index >= 15 is 0 Å². The Bertz CT molecular complexity index is 3440. The summed E-state index contributed by atoms with van der Waals surface area (Å²) in [5.74, 6) is 3.18. The average molecular weight is 1050 g/mol. The zero-order valence-corrected chi connectivity index (χ0v) is 42.4. The molecule has 4 N–H and O–H groups in total. The number of furan rings is 1. The molecule has 0 amide bonds. The Hall–Kier alpha value is -6.86. The maximum atomic E-state index is 13.4. The molecule has 8 aromatic rings. The third-order valence-electron chi connectivity index (χ3n) is 11.9. The number of sulfonamides is 1. The number of rotatable bonds is 16. The number of halogens is 2. The molecule has 0 radical (unpaired) electrons. The molecule has 0 atom stereocenters. The molecule has 2 saturated heterocycles. The van der Waals surface area contributed by atoms with Crippen LogP contribution in [-0.2, 0) is 44.3 Å². The number of hydrogen-bond acceptors (Lipinski definition) is 18. The summed E-state index contributed by atoms with van der Waals surface area (Å²) >= 11 is 6.47. The second-order valence-corrected chi connectivity index (χ2v) is 22.1. The van der Waals surface area contributed by atoms with Crippen molar-refractivity contribution in [3.63, 3.8) is 0 Å². The molecule has 73 heavy (non-hydrogen) atoms. The Kier molecular flexibility index (Phi) is 15.7. The zero-order valence-electron chi connectivity index (χ0n) is 40.0. The van der Waals surface area contributed by atoms with Gasteiger partial charge in [-0.15, -0.1) is 0 Å². The molecule has 2 aliphatic rings. The largest absolute Gasteiger partial charge is 0.487 e. The van der Waals surface area contributed by atoms with Gasteiger partial charge < -0.3 is 39.6 Å². The van der Waals surface area contributed by atoms with Crippen molar-refractivity contribution in [2.24, 2.45) is 0 Å². The van der Waals surface area contributed by atoms with E-state index in [0.29, 0.717) is 98.4 Å². The summed E-state index contributed by atoms with van der Waals surface area (Å²) in [6, 6.07) is 21.0. The summed E-state index contributed by atoms with van der Waals surface area (Å²) < 4.78 is 80.4. The minimum absolute atomic E-state index is 0.0664. The average Bonchev–Trinajstić information content (AvgIpc) is 4.02. The molecular weight excluding hydrogens is 1000 g/mol. The summed E-state index contributed by atoms with van der Waals surface area (Å²) in [5, 5.41) is 7.56. The monoisotopic (exact) mass is 1050 g/mol. The number of ether oxygens (including phenoxy) is 2. The second-order valence-electron chi connectivity index (χ2n) is 17.5. The quantitative estimate of drug-likeness (QED) is 0.0966. The van der Waals surface area contributed by atoms with E-state index in [2.05, 4.69) is 40.4 Å². The zero-order chi connectivity index (χ0) is 51.1. The van der Waals surface area contributed by atoms with Gasteiger partial charge in [-0.2, -0.15) is 4.31 Å². The van der Waals surface area contributed by atoms with E-state index in [0.717, 1.165) is 58.0 Å². The van der Waals surface area contributed by atoms with Gasteiger partial charge in [-0.3, -0.25) is 4.90 Å². The number of anilines is 4. The van der Waals surface area contributed by atoms with Gasteiger partial charge in [0.1, 0.15) is 51.7 Å². The molecule has 2 aliphatic heterocycles. The van der Waals surface area contributed by atoms with Gasteiger partial charge >= 0.3 is 0 Å². The fraction of sp³-hybridized carbons (Fsp3) is 0.306. The lowest BCUT2D eigenvalue weighted by Gasteiger charge is -2.32. The van der Waals surface area contributed by atoms with Crippen LogP contribution in [0, 0.1) is 5.82 Å². The molecule has 10 rings (SSSR count). The number of hydrogen-bond donors (Lipinski definition) is 3. The molecule has 2 fully saturated rings. The lowest BCUT2D eigenvalue weighted by atomic mass is 10.1. The number of piperazine rings is 1. The Morgan fingerprint density at radius 1 is 0.849 bits per heavy atom. The molecule has 5 aromatic heterocycles.